The fourth-order valence-electron chi connectivity index (χ4n) is 3.91. The molecule has 0 bridgehead atoms. The monoisotopic (exact) mass is 474 g/mol. The molecule has 10 heteroatoms. The predicted molar refractivity (Wildman–Crippen MR) is 123 cm³/mol. The molecule has 1 fully saturated rings. The maximum Gasteiger partial charge on any atom is 0.252 e. The molecule has 1 aromatic carbocycles. The summed E-state index contributed by atoms with van der Waals surface area (Å²) >= 11 is 1.12. The summed E-state index contributed by atoms with van der Waals surface area (Å²) in [5.74, 6) is 0.242. The smallest absolute Gasteiger partial charge is 0.252 e. The van der Waals surface area contributed by atoms with Gasteiger partial charge in [0, 0.05) is 36.6 Å². The second-order valence-corrected chi connectivity index (χ2v) is 11.0. The number of aromatic nitrogens is 2. The summed E-state index contributed by atoms with van der Waals surface area (Å²) < 4.78 is 33.1. The molecule has 170 valence electrons. The van der Waals surface area contributed by atoms with Gasteiger partial charge in [-0.3, -0.25) is 4.79 Å². The second kappa shape index (κ2) is 9.13. The van der Waals surface area contributed by atoms with Crippen LogP contribution in [0.25, 0.3) is 11.4 Å². The third-order valence-electron chi connectivity index (χ3n) is 5.70. The minimum atomic E-state index is -3.72. The van der Waals surface area contributed by atoms with Gasteiger partial charge in [-0.2, -0.15) is 9.29 Å². The van der Waals surface area contributed by atoms with E-state index in [1.165, 1.54) is 4.31 Å². The number of amides is 1. The number of benzene rings is 1. The maximum atomic E-state index is 13.3. The number of carbonyl (C=O) groups excluding carboxylic acids is 1. The number of thiophene rings is 1. The number of sulfonamides is 1. The number of hydrogen-bond donors (Lipinski definition) is 1. The molecular weight excluding hydrogens is 448 g/mol. The van der Waals surface area contributed by atoms with E-state index < -0.39 is 15.9 Å². The zero-order chi connectivity index (χ0) is 22.9. The minimum Gasteiger partial charge on any atom is -0.339 e. The van der Waals surface area contributed by atoms with Crippen LogP contribution in [-0.4, -0.2) is 41.9 Å². The molecule has 1 N–H and O–H groups in total. The van der Waals surface area contributed by atoms with Crippen LogP contribution in [0.5, 0.6) is 0 Å². The Bertz CT molecular complexity index is 1230. The number of para-hydroxylation sites is 1. The van der Waals surface area contributed by atoms with Crippen molar-refractivity contribution in [3.63, 3.8) is 0 Å². The van der Waals surface area contributed by atoms with Gasteiger partial charge in [-0.15, -0.1) is 11.3 Å². The largest absolute Gasteiger partial charge is 0.339 e. The SMILES string of the molecule is CCc1cccc(C)c1NC(=O)[C@@H]1CCCN(S(=O)(=O)c2cc(-c3noc(C)n3)cs2)C1. The first-order valence-electron chi connectivity index (χ1n) is 10.6. The minimum absolute atomic E-state index is 0.136. The molecule has 3 heterocycles. The van der Waals surface area contributed by atoms with Crippen LogP contribution in [-0.2, 0) is 21.2 Å². The van der Waals surface area contributed by atoms with Gasteiger partial charge >= 0.3 is 0 Å². The Kier molecular flexibility index (Phi) is 6.45. The van der Waals surface area contributed by atoms with E-state index in [-0.39, 0.29) is 16.7 Å². The van der Waals surface area contributed by atoms with Crippen LogP contribution < -0.4 is 5.32 Å². The van der Waals surface area contributed by atoms with E-state index in [4.69, 9.17) is 4.52 Å². The van der Waals surface area contributed by atoms with Crippen LogP contribution in [0.3, 0.4) is 0 Å². The summed E-state index contributed by atoms with van der Waals surface area (Å²) in [6.45, 7) is 6.25. The number of aryl methyl sites for hydroxylation is 3. The number of anilines is 1. The van der Waals surface area contributed by atoms with Crippen molar-refractivity contribution in [1.29, 1.82) is 0 Å². The molecule has 2 aromatic heterocycles. The Labute approximate surface area is 191 Å². The Morgan fingerprint density at radius 2 is 2.16 bits per heavy atom. The summed E-state index contributed by atoms with van der Waals surface area (Å²) in [5.41, 5.74) is 3.50. The van der Waals surface area contributed by atoms with Crippen molar-refractivity contribution in [2.45, 2.75) is 44.2 Å². The lowest BCUT2D eigenvalue weighted by Crippen LogP contribution is -2.43. The van der Waals surface area contributed by atoms with E-state index in [0.717, 1.165) is 34.6 Å². The summed E-state index contributed by atoms with van der Waals surface area (Å²) in [6.07, 6.45) is 2.10. The van der Waals surface area contributed by atoms with Gasteiger partial charge in [0.2, 0.25) is 17.6 Å². The lowest BCUT2D eigenvalue weighted by molar-refractivity contribution is -0.120. The molecule has 0 aliphatic carbocycles. The van der Waals surface area contributed by atoms with Gasteiger partial charge in [0.1, 0.15) is 4.21 Å². The fraction of sp³-hybridized carbons (Fsp3) is 0.409. The van der Waals surface area contributed by atoms with Gasteiger partial charge in [-0.25, -0.2) is 8.42 Å². The third kappa shape index (κ3) is 4.48. The molecule has 1 saturated heterocycles. The normalized spacial score (nSPS) is 17.4. The highest BCUT2D eigenvalue weighted by Crippen LogP contribution is 2.32. The zero-order valence-corrected chi connectivity index (χ0v) is 19.9. The Hall–Kier alpha value is -2.56. The van der Waals surface area contributed by atoms with E-state index in [2.05, 4.69) is 15.5 Å². The van der Waals surface area contributed by atoms with Crippen molar-refractivity contribution < 1.29 is 17.7 Å². The average molecular weight is 475 g/mol. The highest BCUT2D eigenvalue weighted by Gasteiger charge is 2.34. The molecule has 8 nitrogen and oxygen atoms in total. The van der Waals surface area contributed by atoms with Crippen LogP contribution in [0.1, 0.15) is 36.8 Å². The molecule has 0 saturated carbocycles. The van der Waals surface area contributed by atoms with E-state index in [9.17, 15) is 13.2 Å². The summed E-state index contributed by atoms with van der Waals surface area (Å²) in [7, 11) is -3.72. The number of nitrogens with zero attached hydrogens (tertiary/aromatic N) is 3. The third-order valence-corrected chi connectivity index (χ3v) is 8.98. The number of rotatable bonds is 6. The van der Waals surface area contributed by atoms with E-state index in [0.29, 0.717) is 36.7 Å². The van der Waals surface area contributed by atoms with Crippen LogP contribution in [0.2, 0.25) is 0 Å². The van der Waals surface area contributed by atoms with Crippen molar-refractivity contribution >= 4 is 33.0 Å². The lowest BCUT2D eigenvalue weighted by Gasteiger charge is -2.31. The molecule has 3 aromatic rings. The second-order valence-electron chi connectivity index (χ2n) is 7.95. The molecule has 0 unspecified atom stereocenters. The molecular formula is C22H26N4O4S2. The molecule has 1 aliphatic heterocycles. The van der Waals surface area contributed by atoms with Crippen molar-refractivity contribution in [3.05, 3.63) is 46.7 Å². The van der Waals surface area contributed by atoms with Crippen molar-refractivity contribution in [1.82, 2.24) is 14.4 Å². The number of piperidine rings is 1. The molecule has 4 rings (SSSR count). The van der Waals surface area contributed by atoms with Gasteiger partial charge in [0.25, 0.3) is 10.0 Å². The van der Waals surface area contributed by atoms with E-state index in [1.54, 1.807) is 18.4 Å². The van der Waals surface area contributed by atoms with Gasteiger partial charge < -0.3 is 9.84 Å². The first-order chi connectivity index (χ1) is 15.3. The summed E-state index contributed by atoms with van der Waals surface area (Å²) in [4.78, 5) is 17.2. The highest BCUT2D eigenvalue weighted by atomic mass is 32.2. The number of hydrogen-bond acceptors (Lipinski definition) is 7. The van der Waals surface area contributed by atoms with Crippen molar-refractivity contribution in [3.8, 4) is 11.4 Å². The topological polar surface area (TPSA) is 105 Å². The van der Waals surface area contributed by atoms with E-state index >= 15 is 0 Å². The van der Waals surface area contributed by atoms with Gasteiger partial charge in [0.15, 0.2) is 0 Å². The Morgan fingerprint density at radius 1 is 1.34 bits per heavy atom. The highest BCUT2D eigenvalue weighted by molar-refractivity contribution is 7.91. The standard InChI is InChI=1S/C22H26N4O4S2/c1-4-16-8-5-7-14(2)20(16)24-22(27)17-9-6-10-26(12-17)32(28,29)19-11-18(13-31-19)21-23-15(3)30-25-21/h5,7-8,11,13,17H,4,6,9-10,12H2,1-3H3,(H,24,27)/t17-/m1/s1. The van der Waals surface area contributed by atoms with Gasteiger partial charge in [-0.1, -0.05) is 30.3 Å². The molecule has 1 atom stereocenters. The first-order valence-corrected chi connectivity index (χ1v) is 12.9. The van der Waals surface area contributed by atoms with Gasteiger partial charge in [-0.05, 0) is 43.4 Å². The lowest BCUT2D eigenvalue weighted by atomic mass is 9.98. The summed E-state index contributed by atoms with van der Waals surface area (Å²) in [5, 5.41) is 8.61. The first kappa shape index (κ1) is 22.6. The average Bonchev–Trinajstić information content (AvgIpc) is 3.44. The maximum absolute atomic E-state index is 13.3. The van der Waals surface area contributed by atoms with Crippen LogP contribution in [0, 0.1) is 19.8 Å². The molecule has 1 amide bonds. The quantitative estimate of drug-likeness (QED) is 0.579. The van der Waals surface area contributed by atoms with Crippen LogP contribution in [0.15, 0.2) is 38.4 Å². The van der Waals surface area contributed by atoms with E-state index in [1.807, 2.05) is 32.0 Å². The predicted octanol–water partition coefficient (Wildman–Crippen LogP) is 4.02. The molecule has 1 aliphatic rings. The zero-order valence-electron chi connectivity index (χ0n) is 18.3. The Morgan fingerprint density at radius 3 is 2.88 bits per heavy atom. The van der Waals surface area contributed by atoms with Crippen LogP contribution >= 0.6 is 11.3 Å². The molecule has 32 heavy (non-hydrogen) atoms. The van der Waals surface area contributed by atoms with Gasteiger partial charge in [0.05, 0.1) is 5.92 Å². The molecule has 0 radical (unpaired) electrons. The Balaban J connectivity index is 1.50. The van der Waals surface area contributed by atoms with Crippen molar-refractivity contribution in [2.24, 2.45) is 5.92 Å². The number of nitrogens with one attached hydrogen (secondary N) is 1. The van der Waals surface area contributed by atoms with Crippen molar-refractivity contribution in [2.75, 3.05) is 18.4 Å². The number of carbonyl (C=O) groups is 1. The molecule has 0 spiro atoms. The summed E-state index contributed by atoms with van der Waals surface area (Å²) in [6, 6.07) is 7.50. The van der Waals surface area contributed by atoms with Crippen LogP contribution in [0.4, 0.5) is 5.69 Å². The fourth-order valence-corrected chi connectivity index (χ4v) is 6.75.